The number of carboxylic acid groups (broad SMARTS) is 2. The molecule has 2 unspecified atom stereocenters. The molecule has 82 heavy (non-hydrogen) atoms. The summed E-state index contributed by atoms with van der Waals surface area (Å²) in [6.07, 6.45) is 2.57. The van der Waals surface area contributed by atoms with Gasteiger partial charge in [0.15, 0.2) is 0 Å². The summed E-state index contributed by atoms with van der Waals surface area (Å²) in [6, 6.07) is 34.7. The van der Waals surface area contributed by atoms with Crippen LogP contribution in [0, 0.1) is 0 Å². The molecule has 0 saturated carbocycles. The maximum atomic E-state index is 12.7. The Morgan fingerprint density at radius 1 is 0.512 bits per heavy atom. The van der Waals surface area contributed by atoms with E-state index in [2.05, 4.69) is 42.2 Å². The first-order chi connectivity index (χ1) is 39.3. The number of amides is 7. The highest BCUT2D eigenvalue weighted by Crippen LogP contribution is 2.21. The first-order valence-corrected chi connectivity index (χ1v) is 25.8. The first-order valence-electron chi connectivity index (χ1n) is 25.1. The van der Waals surface area contributed by atoms with Crippen LogP contribution in [-0.4, -0.2) is 113 Å². The zero-order valence-corrected chi connectivity index (χ0v) is 45.7. The van der Waals surface area contributed by atoms with Crippen molar-refractivity contribution in [1.82, 2.24) is 37.2 Å². The van der Waals surface area contributed by atoms with E-state index < -0.39 is 65.6 Å². The van der Waals surface area contributed by atoms with Crippen molar-refractivity contribution in [2.45, 2.75) is 51.9 Å². The molecule has 0 radical (unpaired) electrons. The Labute approximate surface area is 480 Å². The number of hydrogen-bond donors (Lipinski definition) is 10. The molecule has 24 heteroatoms. The van der Waals surface area contributed by atoms with Crippen molar-refractivity contribution < 1.29 is 68.0 Å². The smallest absolute Gasteiger partial charge is 0.412 e. The van der Waals surface area contributed by atoms with Gasteiger partial charge in [0.1, 0.15) is 23.6 Å². The maximum absolute atomic E-state index is 12.7. The number of hydrogen-bond acceptors (Lipinski definition) is 13. The Bertz CT molecular complexity index is 3250. The Morgan fingerprint density at radius 2 is 0.963 bits per heavy atom. The van der Waals surface area contributed by atoms with Gasteiger partial charge < -0.3 is 57.3 Å². The number of aromatic hydroxyl groups is 1. The molecule has 428 valence electrons. The Kier molecular flexibility index (Phi) is 26.9. The number of isocyanates is 1. The molecule has 0 fully saturated rings. The van der Waals surface area contributed by atoms with Crippen LogP contribution in [0.1, 0.15) is 100.0 Å². The lowest BCUT2D eigenvalue weighted by Crippen LogP contribution is -2.48. The molecular formula is C58H58Cl2N8O14. The average Bonchev–Trinajstić information content (AvgIpc) is 3.68. The molecule has 6 aromatic rings. The molecule has 0 saturated heterocycles. The van der Waals surface area contributed by atoms with E-state index in [0.29, 0.717) is 41.1 Å². The van der Waals surface area contributed by atoms with E-state index in [9.17, 15) is 63.3 Å². The Morgan fingerprint density at radius 3 is 1.37 bits per heavy atom. The number of carbonyl (C=O) groups excluding carboxylic acids is 8. The number of nitrogens with one attached hydrogen (secondary N) is 7. The van der Waals surface area contributed by atoms with E-state index in [4.69, 9.17) is 27.9 Å². The van der Waals surface area contributed by atoms with Gasteiger partial charge in [-0.15, -0.1) is 0 Å². The summed E-state index contributed by atoms with van der Waals surface area (Å²) in [5, 5.41) is 45.9. The number of aliphatic imine (C=N–C) groups is 1. The van der Waals surface area contributed by atoms with E-state index in [1.807, 2.05) is 13.8 Å². The second-order valence-electron chi connectivity index (χ2n) is 17.2. The van der Waals surface area contributed by atoms with Gasteiger partial charge in [-0.25, -0.2) is 24.2 Å². The third-order valence-corrected chi connectivity index (χ3v) is 11.6. The van der Waals surface area contributed by atoms with Crippen LogP contribution in [0.5, 0.6) is 11.5 Å². The summed E-state index contributed by atoms with van der Waals surface area (Å²) >= 11 is 12.4. The van der Waals surface area contributed by atoms with Crippen molar-refractivity contribution in [3.05, 3.63) is 200 Å². The molecule has 6 aromatic carbocycles. The zero-order valence-electron chi connectivity index (χ0n) is 44.2. The molecule has 7 amide bonds. The first kappa shape index (κ1) is 64.6. The Balaban J connectivity index is 0.000000323. The molecule has 6 rings (SSSR count). The SMILES string of the molecule is CCCN=C=O.CCCNC(=O)Oc1cccc(CNC(=O)c2ccc(C(=O)NC(CNC(=O)c3ccccc3)C(=O)O)c(Cl)c2)c1.O=C(NCc1cccc(O)c1)c1ccc(C(=O)NC(CNC(=O)c2ccccc2)C(=O)O)c(Cl)c1. The number of phenols is 1. The van der Waals surface area contributed by atoms with Gasteiger partial charge in [0, 0.05) is 55.0 Å². The maximum Gasteiger partial charge on any atom is 0.412 e. The van der Waals surface area contributed by atoms with Gasteiger partial charge in [0.25, 0.3) is 35.4 Å². The van der Waals surface area contributed by atoms with Crippen molar-refractivity contribution in [2.75, 3.05) is 26.2 Å². The second kappa shape index (κ2) is 34.2. The minimum atomic E-state index is -1.42. The van der Waals surface area contributed by atoms with Crippen LogP contribution in [-0.2, 0) is 27.5 Å². The van der Waals surface area contributed by atoms with Crippen LogP contribution < -0.4 is 42.0 Å². The van der Waals surface area contributed by atoms with Gasteiger partial charge in [-0.3, -0.25) is 28.8 Å². The van der Waals surface area contributed by atoms with Crippen LogP contribution in [0.25, 0.3) is 0 Å². The largest absolute Gasteiger partial charge is 0.508 e. The van der Waals surface area contributed by atoms with Gasteiger partial charge in [-0.1, -0.05) is 97.7 Å². The van der Waals surface area contributed by atoms with Crippen LogP contribution in [0.2, 0.25) is 10.0 Å². The minimum absolute atomic E-state index is 0.0307. The van der Waals surface area contributed by atoms with Crippen molar-refractivity contribution in [3.63, 3.8) is 0 Å². The number of carbonyl (C=O) groups is 9. The van der Waals surface area contributed by atoms with Crippen LogP contribution in [0.3, 0.4) is 0 Å². The van der Waals surface area contributed by atoms with Crippen molar-refractivity contribution in [3.8, 4) is 11.5 Å². The number of halogens is 2. The quantitative estimate of drug-likeness (QED) is 0.0236. The monoisotopic (exact) mass is 1160 g/mol. The fourth-order valence-electron chi connectivity index (χ4n) is 6.81. The summed E-state index contributed by atoms with van der Waals surface area (Å²) in [5.41, 5.74) is 2.35. The Hall–Kier alpha value is -9.89. The average molecular weight is 1160 g/mol. The molecule has 10 N–H and O–H groups in total. The summed E-state index contributed by atoms with van der Waals surface area (Å²) < 4.78 is 5.21. The standard InChI is InChI=1S/C29H29ClN4O7.C25H22ClN3O6.C4H7NO/c1-2-13-31-29(40)41-21-10-6-7-18(14-21)16-32-26(36)20-11-12-22(23(30)15-20)27(37)34-24(28(38)39)17-33-25(35)19-8-4-3-5-9-19;26-20-12-17(23(32)27-13-15-5-4-8-18(30)11-15)9-10-19(20)24(33)29-21(25(34)35)14-28-22(31)16-6-2-1-3-7-16;1-2-3-5-4-6/h3-12,14-15,24H,2,13,16-17H2,1H3,(H,31,40)(H,32,36)(H,33,35)(H,34,37)(H,38,39);1-12,21,30H,13-14H2,(H,27,32)(H,28,31)(H,29,33)(H,34,35);2-3H2,1H3. The van der Waals surface area contributed by atoms with Gasteiger partial charge in [0.2, 0.25) is 6.08 Å². The highest BCUT2D eigenvalue weighted by molar-refractivity contribution is 6.34. The molecule has 0 aliphatic carbocycles. The van der Waals surface area contributed by atoms with Crippen LogP contribution in [0.15, 0.2) is 151 Å². The van der Waals surface area contributed by atoms with Crippen LogP contribution in [0.4, 0.5) is 4.79 Å². The minimum Gasteiger partial charge on any atom is -0.508 e. The molecule has 0 heterocycles. The third-order valence-electron chi connectivity index (χ3n) is 11.0. The molecule has 0 spiro atoms. The number of benzene rings is 6. The fourth-order valence-corrected chi connectivity index (χ4v) is 7.34. The van der Waals surface area contributed by atoms with E-state index in [1.165, 1.54) is 54.6 Å². The van der Waals surface area contributed by atoms with Gasteiger partial charge in [-0.05, 0) is 109 Å². The van der Waals surface area contributed by atoms with Crippen molar-refractivity contribution in [2.24, 2.45) is 4.99 Å². The van der Waals surface area contributed by atoms with Gasteiger partial charge in [-0.2, -0.15) is 0 Å². The molecule has 0 aromatic heterocycles. The van der Waals surface area contributed by atoms with Crippen molar-refractivity contribution in [1.29, 1.82) is 0 Å². The third kappa shape index (κ3) is 22.1. The topological polar surface area (TPSA) is 337 Å². The van der Waals surface area contributed by atoms with Gasteiger partial charge >= 0.3 is 18.0 Å². The van der Waals surface area contributed by atoms with Crippen LogP contribution >= 0.6 is 23.2 Å². The highest BCUT2D eigenvalue weighted by atomic mass is 35.5. The molecule has 0 bridgehead atoms. The number of rotatable bonds is 23. The number of carboxylic acids is 2. The summed E-state index contributed by atoms with van der Waals surface area (Å²) in [6.45, 7) is 4.58. The molecule has 2 atom stereocenters. The summed E-state index contributed by atoms with van der Waals surface area (Å²) in [7, 11) is 0. The number of aliphatic carboxylic acids is 2. The normalized spacial score (nSPS) is 10.8. The molecule has 0 aliphatic heterocycles. The number of phenolic OH excluding ortho intramolecular Hbond substituents is 1. The lowest BCUT2D eigenvalue weighted by molar-refractivity contribution is -0.140. The van der Waals surface area contributed by atoms with Gasteiger partial charge in [0.05, 0.1) is 27.7 Å². The zero-order chi connectivity index (χ0) is 60.0. The molecule has 0 aliphatic rings. The van der Waals surface area contributed by atoms with E-state index >= 15 is 0 Å². The summed E-state index contributed by atoms with van der Waals surface area (Å²) in [4.78, 5) is 122. The van der Waals surface area contributed by atoms with E-state index in [1.54, 1.807) is 97.1 Å². The summed E-state index contributed by atoms with van der Waals surface area (Å²) in [5.74, 6) is -5.75. The highest BCUT2D eigenvalue weighted by Gasteiger charge is 2.25. The fraction of sp³-hybridized carbons (Fsp3) is 0.207. The second-order valence-corrected chi connectivity index (χ2v) is 18.1. The molecular weight excluding hydrogens is 1100 g/mol. The number of ether oxygens (including phenoxy) is 1. The lowest BCUT2D eigenvalue weighted by atomic mass is 10.1. The van der Waals surface area contributed by atoms with E-state index in [0.717, 1.165) is 12.8 Å². The predicted octanol–water partition coefficient (Wildman–Crippen LogP) is 6.70. The predicted molar refractivity (Wildman–Crippen MR) is 303 cm³/mol. The van der Waals surface area contributed by atoms with E-state index in [-0.39, 0.29) is 64.2 Å². The number of nitrogens with zero attached hydrogens (tertiary/aromatic N) is 1. The lowest BCUT2D eigenvalue weighted by Gasteiger charge is -2.16. The van der Waals surface area contributed by atoms with Crippen molar-refractivity contribution >= 4 is 82.8 Å². The molecule has 22 nitrogen and oxygen atoms in total.